The third kappa shape index (κ3) is 6.05. The van der Waals surface area contributed by atoms with E-state index in [4.69, 9.17) is 9.98 Å². The Labute approximate surface area is 331 Å². The molecule has 0 N–H and O–H groups in total. The van der Waals surface area contributed by atoms with Crippen molar-refractivity contribution < 1.29 is 0 Å². The van der Waals surface area contributed by atoms with E-state index in [-0.39, 0.29) is 0 Å². The minimum atomic E-state index is 0.564. The number of hydrogen-bond acceptors (Lipinski definition) is 1. The van der Waals surface area contributed by atoms with Crippen LogP contribution in [-0.2, 0) is 0 Å². The number of nitrogens with zero attached hydrogens (tertiary/aromatic N) is 4. The summed E-state index contributed by atoms with van der Waals surface area (Å²) in [5, 5.41) is 4.75. The van der Waals surface area contributed by atoms with Crippen LogP contribution >= 0.6 is 0 Å². The Balaban J connectivity index is 1.04. The van der Waals surface area contributed by atoms with Crippen LogP contribution in [0.3, 0.4) is 0 Å². The van der Waals surface area contributed by atoms with Crippen molar-refractivity contribution in [2.45, 2.75) is 6.92 Å². The lowest BCUT2D eigenvalue weighted by atomic mass is 9.98. The molecule has 10 aromatic rings. The minimum Gasteiger partial charge on any atom is -0.309 e. The zero-order valence-corrected chi connectivity index (χ0v) is 31.5. The maximum Gasteiger partial charge on any atom is 0.234 e. The summed E-state index contributed by atoms with van der Waals surface area (Å²) >= 11 is 0. The molecule has 2 heterocycles. The second-order valence-corrected chi connectivity index (χ2v) is 14.3. The predicted octanol–water partition coefficient (Wildman–Crippen LogP) is 13.7. The van der Waals surface area contributed by atoms with Crippen LogP contribution in [0.1, 0.15) is 12.5 Å². The largest absolute Gasteiger partial charge is 0.309 e. The zero-order valence-electron chi connectivity index (χ0n) is 31.5. The fourth-order valence-corrected chi connectivity index (χ4v) is 8.22. The van der Waals surface area contributed by atoms with Crippen LogP contribution in [0.5, 0.6) is 0 Å². The van der Waals surface area contributed by atoms with Crippen LogP contribution in [0.2, 0.25) is 0 Å². The average molecular weight is 731 g/mol. The SMILES string of the molecule is C=C/N=C(\N=C(/C)c1cccc(-c2ccc(-c3ccccc3)cc2)c1)n1c2ccccc2c2cc(-c3ccc4c(c3)c3ccccc3n4-c3ccccc3)ccc21. The summed E-state index contributed by atoms with van der Waals surface area (Å²) in [6.07, 6.45) is 1.58. The summed E-state index contributed by atoms with van der Waals surface area (Å²) in [5.74, 6) is 0.564. The summed E-state index contributed by atoms with van der Waals surface area (Å²) in [7, 11) is 0. The quantitative estimate of drug-likeness (QED) is 0.121. The number of aromatic nitrogens is 2. The lowest BCUT2D eigenvalue weighted by Gasteiger charge is -2.10. The first kappa shape index (κ1) is 34.0. The number of fused-ring (bicyclic) bond motifs is 6. The molecule has 0 saturated carbocycles. The van der Waals surface area contributed by atoms with Crippen LogP contribution in [0.4, 0.5) is 0 Å². The fraction of sp³-hybridized carbons (Fsp3) is 0.0189. The Hall–Kier alpha value is -7.56. The van der Waals surface area contributed by atoms with E-state index in [1.807, 2.05) is 13.0 Å². The maximum absolute atomic E-state index is 5.19. The summed E-state index contributed by atoms with van der Waals surface area (Å²) < 4.78 is 4.51. The van der Waals surface area contributed by atoms with Crippen molar-refractivity contribution in [3.63, 3.8) is 0 Å². The van der Waals surface area contributed by atoms with Gasteiger partial charge < -0.3 is 4.57 Å². The van der Waals surface area contributed by atoms with Gasteiger partial charge in [0, 0.05) is 39.1 Å². The van der Waals surface area contributed by atoms with Crippen LogP contribution in [0.25, 0.3) is 82.7 Å². The Bertz CT molecular complexity index is 3180. The first-order valence-corrected chi connectivity index (χ1v) is 19.3. The van der Waals surface area contributed by atoms with E-state index in [1.165, 1.54) is 38.5 Å². The number of para-hydroxylation sites is 3. The van der Waals surface area contributed by atoms with Crippen LogP contribution in [0, 0.1) is 0 Å². The third-order valence-corrected chi connectivity index (χ3v) is 11.0. The van der Waals surface area contributed by atoms with Gasteiger partial charge in [-0.1, -0.05) is 146 Å². The molecule has 0 spiro atoms. The molecule has 0 fully saturated rings. The van der Waals surface area contributed by atoms with Crippen LogP contribution in [0.15, 0.2) is 217 Å². The smallest absolute Gasteiger partial charge is 0.234 e. The molecule has 0 radical (unpaired) electrons. The monoisotopic (exact) mass is 730 g/mol. The standard InChI is InChI=1S/C53H38N4/c1-3-54-53(55-36(2)40-17-14-18-41(33-40)39-27-25-38(26-28-39)37-15-6-4-7-16-37)57-50-24-13-11-22-46(50)48-35-43(30-32-52(48)57)42-29-31-51-47(34-42)45-21-10-12-23-49(45)56(51)44-19-8-5-9-20-44/h3-35H,1H2,2H3/b54-53+,55-36+. The highest BCUT2D eigenvalue weighted by molar-refractivity contribution is 6.17. The molecule has 2 aromatic heterocycles. The van der Waals surface area contributed by atoms with Gasteiger partial charge in [-0.05, 0) is 100 Å². The molecular formula is C53H38N4. The van der Waals surface area contributed by atoms with E-state index in [0.29, 0.717) is 5.96 Å². The molecule has 0 aliphatic heterocycles. The lowest BCUT2D eigenvalue weighted by molar-refractivity contribution is 1.18. The third-order valence-electron chi connectivity index (χ3n) is 11.0. The second kappa shape index (κ2) is 14.3. The lowest BCUT2D eigenvalue weighted by Crippen LogP contribution is -2.12. The molecule has 0 aliphatic rings. The summed E-state index contributed by atoms with van der Waals surface area (Å²) in [5.41, 5.74) is 14.5. The zero-order chi connectivity index (χ0) is 38.3. The second-order valence-electron chi connectivity index (χ2n) is 14.3. The first-order chi connectivity index (χ1) is 28.1. The van der Waals surface area contributed by atoms with Crippen molar-refractivity contribution in [3.8, 4) is 39.1 Å². The van der Waals surface area contributed by atoms with Gasteiger partial charge in [0.15, 0.2) is 0 Å². The van der Waals surface area contributed by atoms with Gasteiger partial charge in [0.05, 0.1) is 22.1 Å². The Morgan fingerprint density at radius 3 is 1.61 bits per heavy atom. The van der Waals surface area contributed by atoms with E-state index in [0.717, 1.165) is 55.5 Å². The van der Waals surface area contributed by atoms with Crippen molar-refractivity contribution in [2.24, 2.45) is 9.98 Å². The molecule has 0 atom stereocenters. The van der Waals surface area contributed by atoms with Crippen molar-refractivity contribution >= 4 is 55.3 Å². The minimum absolute atomic E-state index is 0.564. The highest BCUT2D eigenvalue weighted by atomic mass is 15.2. The normalized spacial score (nSPS) is 12.2. The highest BCUT2D eigenvalue weighted by Gasteiger charge is 2.18. The van der Waals surface area contributed by atoms with E-state index in [9.17, 15) is 0 Å². The summed E-state index contributed by atoms with van der Waals surface area (Å²) in [6.45, 7) is 6.03. The molecule has 57 heavy (non-hydrogen) atoms. The molecule has 0 bridgehead atoms. The van der Waals surface area contributed by atoms with E-state index >= 15 is 0 Å². The van der Waals surface area contributed by atoms with Crippen molar-refractivity contribution in [2.75, 3.05) is 0 Å². The van der Waals surface area contributed by atoms with E-state index in [1.54, 1.807) is 6.20 Å². The molecule has 0 aliphatic carbocycles. The van der Waals surface area contributed by atoms with Gasteiger partial charge in [-0.3, -0.25) is 4.57 Å². The van der Waals surface area contributed by atoms with Gasteiger partial charge in [0.25, 0.3) is 0 Å². The molecule has 0 unspecified atom stereocenters. The van der Waals surface area contributed by atoms with Gasteiger partial charge in [0.1, 0.15) is 0 Å². The summed E-state index contributed by atoms with van der Waals surface area (Å²) in [6, 6.07) is 69.1. The molecule has 4 nitrogen and oxygen atoms in total. The Kier molecular flexibility index (Phi) is 8.50. The van der Waals surface area contributed by atoms with Gasteiger partial charge in [-0.2, -0.15) is 0 Å². The van der Waals surface area contributed by atoms with Crippen molar-refractivity contribution in [3.05, 3.63) is 212 Å². The molecule has 4 heteroatoms. The van der Waals surface area contributed by atoms with Crippen LogP contribution < -0.4 is 0 Å². The van der Waals surface area contributed by atoms with Gasteiger partial charge in [-0.15, -0.1) is 0 Å². The fourth-order valence-electron chi connectivity index (χ4n) is 8.22. The van der Waals surface area contributed by atoms with Gasteiger partial charge >= 0.3 is 0 Å². The highest BCUT2D eigenvalue weighted by Crippen LogP contribution is 2.37. The number of aliphatic imine (C=N–C) groups is 2. The molecule has 270 valence electrons. The molecule has 0 amide bonds. The molecule has 0 saturated heterocycles. The summed E-state index contributed by atoms with van der Waals surface area (Å²) in [4.78, 5) is 9.97. The van der Waals surface area contributed by atoms with Crippen LogP contribution in [-0.4, -0.2) is 20.8 Å². The van der Waals surface area contributed by atoms with E-state index in [2.05, 4.69) is 204 Å². The number of benzene rings is 8. The molecule has 10 rings (SSSR count). The maximum atomic E-state index is 5.19. The average Bonchev–Trinajstić information content (AvgIpc) is 3.79. The molecular weight excluding hydrogens is 693 g/mol. The Morgan fingerprint density at radius 1 is 0.439 bits per heavy atom. The first-order valence-electron chi connectivity index (χ1n) is 19.3. The van der Waals surface area contributed by atoms with Crippen molar-refractivity contribution in [1.29, 1.82) is 0 Å². The topological polar surface area (TPSA) is 34.6 Å². The number of rotatable bonds is 6. The van der Waals surface area contributed by atoms with Gasteiger partial charge in [0.2, 0.25) is 5.96 Å². The van der Waals surface area contributed by atoms with E-state index < -0.39 is 0 Å². The molecule has 8 aromatic carbocycles. The Morgan fingerprint density at radius 2 is 0.912 bits per heavy atom. The van der Waals surface area contributed by atoms with Crippen molar-refractivity contribution in [1.82, 2.24) is 9.13 Å². The number of hydrogen-bond donors (Lipinski definition) is 0. The predicted molar refractivity (Wildman–Crippen MR) is 242 cm³/mol. The van der Waals surface area contributed by atoms with Gasteiger partial charge in [-0.25, -0.2) is 9.98 Å².